The van der Waals surface area contributed by atoms with Crippen molar-refractivity contribution in [3.8, 4) is 0 Å². The van der Waals surface area contributed by atoms with Crippen LogP contribution < -0.4 is 0 Å². The van der Waals surface area contributed by atoms with Crippen molar-refractivity contribution >= 4 is 6.29 Å². The fraction of sp³-hybridized carbons (Fsp3) is 0.800. The average molecular weight is 236 g/mol. The Morgan fingerprint density at radius 1 is 1.47 bits per heavy atom. The molecular weight excluding hydrogens is 212 g/mol. The SMILES string of the molecule is CC1=CCC2C(C1)OC(C(C)C=O)CC[C@@H]2C. The van der Waals surface area contributed by atoms with Crippen molar-refractivity contribution < 1.29 is 9.53 Å². The molecule has 0 bridgehead atoms. The van der Waals surface area contributed by atoms with E-state index in [1.54, 1.807) is 0 Å². The first-order chi connectivity index (χ1) is 8.11. The maximum absolute atomic E-state index is 10.9. The van der Waals surface area contributed by atoms with Crippen molar-refractivity contribution in [3.63, 3.8) is 0 Å². The molecule has 0 saturated carbocycles. The number of ether oxygens (including phenoxy) is 1. The number of allylic oxidation sites excluding steroid dienone is 1. The van der Waals surface area contributed by atoms with Crippen LogP contribution in [0.3, 0.4) is 0 Å². The summed E-state index contributed by atoms with van der Waals surface area (Å²) in [7, 11) is 0. The van der Waals surface area contributed by atoms with Crippen LogP contribution in [0.1, 0.15) is 46.5 Å². The fourth-order valence-electron chi connectivity index (χ4n) is 3.20. The van der Waals surface area contributed by atoms with Gasteiger partial charge in [-0.1, -0.05) is 25.5 Å². The third kappa shape index (κ3) is 2.79. The molecule has 0 aromatic rings. The van der Waals surface area contributed by atoms with E-state index in [-0.39, 0.29) is 12.0 Å². The van der Waals surface area contributed by atoms with Gasteiger partial charge in [0.05, 0.1) is 12.2 Å². The normalized spacial score (nSPS) is 39.8. The van der Waals surface area contributed by atoms with E-state index in [2.05, 4.69) is 19.9 Å². The van der Waals surface area contributed by atoms with Crippen molar-refractivity contribution in [2.75, 3.05) is 0 Å². The zero-order chi connectivity index (χ0) is 12.4. The van der Waals surface area contributed by atoms with Crippen molar-refractivity contribution in [1.82, 2.24) is 0 Å². The number of rotatable bonds is 2. The smallest absolute Gasteiger partial charge is 0.125 e. The van der Waals surface area contributed by atoms with Gasteiger partial charge in [0.25, 0.3) is 0 Å². The molecular formula is C15H24O2. The first-order valence-electron chi connectivity index (χ1n) is 6.88. The van der Waals surface area contributed by atoms with E-state index in [4.69, 9.17) is 4.74 Å². The van der Waals surface area contributed by atoms with Crippen molar-refractivity contribution in [2.45, 2.75) is 58.7 Å². The van der Waals surface area contributed by atoms with E-state index in [0.717, 1.165) is 25.5 Å². The van der Waals surface area contributed by atoms with Crippen LogP contribution in [0.4, 0.5) is 0 Å². The van der Waals surface area contributed by atoms with Crippen LogP contribution in [0, 0.1) is 17.8 Å². The second-order valence-corrected chi connectivity index (χ2v) is 5.92. The minimum Gasteiger partial charge on any atom is -0.374 e. The van der Waals surface area contributed by atoms with Gasteiger partial charge in [-0.3, -0.25) is 0 Å². The summed E-state index contributed by atoms with van der Waals surface area (Å²) in [6.07, 6.45) is 8.31. The van der Waals surface area contributed by atoms with Gasteiger partial charge in [0, 0.05) is 5.92 Å². The lowest BCUT2D eigenvalue weighted by Crippen LogP contribution is -2.33. The molecule has 2 nitrogen and oxygen atoms in total. The van der Waals surface area contributed by atoms with Crippen LogP contribution in [0.2, 0.25) is 0 Å². The Labute approximate surface area is 104 Å². The van der Waals surface area contributed by atoms with Gasteiger partial charge in [0.2, 0.25) is 0 Å². The maximum atomic E-state index is 10.9. The van der Waals surface area contributed by atoms with Crippen molar-refractivity contribution in [1.29, 1.82) is 0 Å². The minimum absolute atomic E-state index is 0.0344. The fourth-order valence-corrected chi connectivity index (χ4v) is 3.20. The van der Waals surface area contributed by atoms with Gasteiger partial charge in [-0.25, -0.2) is 0 Å². The summed E-state index contributed by atoms with van der Waals surface area (Å²) >= 11 is 0. The predicted octanol–water partition coefficient (Wildman–Crippen LogP) is 3.36. The Bertz CT molecular complexity index is 308. The van der Waals surface area contributed by atoms with E-state index < -0.39 is 0 Å². The first kappa shape index (κ1) is 12.8. The molecule has 2 heteroatoms. The molecule has 1 fully saturated rings. The highest BCUT2D eigenvalue weighted by Gasteiger charge is 2.36. The third-order valence-corrected chi connectivity index (χ3v) is 4.53. The second-order valence-electron chi connectivity index (χ2n) is 5.92. The van der Waals surface area contributed by atoms with Gasteiger partial charge in [0.15, 0.2) is 0 Å². The molecule has 17 heavy (non-hydrogen) atoms. The molecule has 5 atom stereocenters. The highest BCUT2D eigenvalue weighted by molar-refractivity contribution is 5.53. The Morgan fingerprint density at radius 2 is 2.24 bits per heavy atom. The van der Waals surface area contributed by atoms with Gasteiger partial charge in [-0.2, -0.15) is 0 Å². The van der Waals surface area contributed by atoms with Gasteiger partial charge in [-0.05, 0) is 44.4 Å². The topological polar surface area (TPSA) is 26.3 Å². The van der Waals surface area contributed by atoms with Gasteiger partial charge in [-0.15, -0.1) is 0 Å². The standard InChI is InChI=1S/C15H24O2/c1-10-4-6-13-11(2)5-7-14(12(3)9-16)17-15(13)8-10/h4,9,11-15H,5-8H2,1-3H3/t11-,12?,13?,14?,15?/m0/s1. The number of aldehydes is 1. The molecule has 4 unspecified atom stereocenters. The van der Waals surface area contributed by atoms with Crippen LogP contribution in [0.15, 0.2) is 11.6 Å². The van der Waals surface area contributed by atoms with Crippen LogP contribution in [-0.2, 0) is 9.53 Å². The van der Waals surface area contributed by atoms with Gasteiger partial charge < -0.3 is 9.53 Å². The lowest BCUT2D eigenvalue weighted by atomic mass is 9.78. The number of carbonyl (C=O) groups excluding carboxylic acids is 1. The molecule has 0 radical (unpaired) electrons. The highest BCUT2D eigenvalue weighted by atomic mass is 16.5. The van der Waals surface area contributed by atoms with Crippen LogP contribution in [0.5, 0.6) is 0 Å². The van der Waals surface area contributed by atoms with E-state index >= 15 is 0 Å². The summed E-state index contributed by atoms with van der Waals surface area (Å²) in [6.45, 7) is 6.50. The minimum atomic E-state index is 0.0344. The molecule has 96 valence electrons. The number of hydrogen-bond donors (Lipinski definition) is 0. The second kappa shape index (κ2) is 5.34. The highest BCUT2D eigenvalue weighted by Crippen LogP contribution is 2.38. The molecule has 2 aliphatic rings. The molecule has 1 aliphatic heterocycles. The number of hydrogen-bond acceptors (Lipinski definition) is 2. The zero-order valence-corrected chi connectivity index (χ0v) is 11.2. The molecule has 1 aliphatic carbocycles. The largest absolute Gasteiger partial charge is 0.374 e. The Morgan fingerprint density at radius 3 is 2.94 bits per heavy atom. The molecule has 1 heterocycles. The summed E-state index contributed by atoms with van der Waals surface area (Å²) < 4.78 is 6.24. The Balaban J connectivity index is 2.11. The summed E-state index contributed by atoms with van der Waals surface area (Å²) in [4.78, 5) is 10.9. The van der Waals surface area contributed by atoms with E-state index in [1.807, 2.05) is 6.92 Å². The summed E-state index contributed by atoms with van der Waals surface area (Å²) in [5.74, 6) is 1.41. The molecule has 1 saturated heterocycles. The lowest BCUT2D eigenvalue weighted by Gasteiger charge is -2.33. The molecule has 0 N–H and O–H groups in total. The molecule has 0 amide bonds. The predicted molar refractivity (Wildman–Crippen MR) is 68.8 cm³/mol. The van der Waals surface area contributed by atoms with E-state index in [1.165, 1.54) is 12.0 Å². The Kier molecular flexibility index (Phi) is 4.03. The van der Waals surface area contributed by atoms with Crippen LogP contribution in [-0.4, -0.2) is 18.5 Å². The summed E-state index contributed by atoms with van der Waals surface area (Å²) in [5, 5.41) is 0. The van der Waals surface area contributed by atoms with Crippen LogP contribution >= 0.6 is 0 Å². The molecule has 0 aromatic heterocycles. The quantitative estimate of drug-likeness (QED) is 0.543. The van der Waals surface area contributed by atoms with Crippen molar-refractivity contribution in [2.24, 2.45) is 17.8 Å². The summed E-state index contributed by atoms with van der Waals surface area (Å²) in [6, 6.07) is 0. The third-order valence-electron chi connectivity index (χ3n) is 4.53. The zero-order valence-electron chi connectivity index (χ0n) is 11.2. The van der Waals surface area contributed by atoms with Gasteiger partial charge >= 0.3 is 0 Å². The van der Waals surface area contributed by atoms with E-state index in [0.29, 0.717) is 17.9 Å². The lowest BCUT2D eigenvalue weighted by molar-refractivity contribution is -0.119. The van der Waals surface area contributed by atoms with E-state index in [9.17, 15) is 4.79 Å². The number of carbonyl (C=O) groups is 1. The average Bonchev–Trinajstić information content (AvgIpc) is 2.48. The van der Waals surface area contributed by atoms with Crippen LogP contribution in [0.25, 0.3) is 0 Å². The van der Waals surface area contributed by atoms with Gasteiger partial charge in [0.1, 0.15) is 6.29 Å². The molecule has 0 spiro atoms. The molecule has 0 aromatic carbocycles. The maximum Gasteiger partial charge on any atom is 0.125 e. The molecule has 2 rings (SSSR count). The monoisotopic (exact) mass is 236 g/mol. The Hall–Kier alpha value is -0.630. The first-order valence-corrected chi connectivity index (χ1v) is 6.88. The van der Waals surface area contributed by atoms with Crippen molar-refractivity contribution in [3.05, 3.63) is 11.6 Å². The summed E-state index contributed by atoms with van der Waals surface area (Å²) in [5.41, 5.74) is 1.44. The number of fused-ring (bicyclic) bond motifs is 1.